The van der Waals surface area contributed by atoms with Gasteiger partial charge in [-0.15, -0.1) is 0 Å². The number of hydrogen-bond donors (Lipinski definition) is 1. The van der Waals surface area contributed by atoms with Crippen LogP contribution in [0, 0.1) is 0 Å². The van der Waals surface area contributed by atoms with Crippen LogP contribution >= 0.6 is 0 Å². The van der Waals surface area contributed by atoms with Crippen molar-refractivity contribution in [3.63, 3.8) is 0 Å². The van der Waals surface area contributed by atoms with E-state index in [9.17, 15) is 4.21 Å². The van der Waals surface area contributed by atoms with Crippen LogP contribution in [0.1, 0.15) is 12.8 Å². The average Bonchev–Trinajstić information content (AvgIpc) is 2.96. The van der Waals surface area contributed by atoms with E-state index in [0.29, 0.717) is 6.04 Å². The van der Waals surface area contributed by atoms with Gasteiger partial charge in [-0.3, -0.25) is 4.21 Å². The molecule has 1 aliphatic heterocycles. The fourth-order valence-corrected chi connectivity index (χ4v) is 3.47. The third kappa shape index (κ3) is 2.81. The molecule has 19 heavy (non-hydrogen) atoms. The van der Waals surface area contributed by atoms with Crippen molar-refractivity contribution >= 4 is 16.5 Å². The van der Waals surface area contributed by atoms with E-state index in [1.807, 2.05) is 12.1 Å². The highest BCUT2D eigenvalue weighted by molar-refractivity contribution is 7.85. The molecule has 0 amide bonds. The van der Waals surface area contributed by atoms with Crippen molar-refractivity contribution in [1.82, 2.24) is 19.7 Å². The molecule has 0 aromatic carbocycles. The Morgan fingerprint density at radius 1 is 1.37 bits per heavy atom. The molecule has 3 heterocycles. The van der Waals surface area contributed by atoms with Crippen molar-refractivity contribution in [1.29, 1.82) is 0 Å². The number of rotatable bonds is 3. The molecule has 0 saturated carbocycles. The summed E-state index contributed by atoms with van der Waals surface area (Å²) in [7, 11) is -0.637. The molecule has 3 rings (SSSR count). The normalized spacial score (nSPS) is 23.2. The quantitative estimate of drug-likeness (QED) is 0.905. The van der Waals surface area contributed by atoms with Crippen LogP contribution in [-0.4, -0.2) is 41.5 Å². The zero-order valence-electron chi connectivity index (χ0n) is 10.4. The van der Waals surface area contributed by atoms with Gasteiger partial charge < -0.3 is 5.32 Å². The smallest absolute Gasteiger partial charge is 0.178 e. The van der Waals surface area contributed by atoms with Crippen molar-refractivity contribution in [2.75, 3.05) is 16.8 Å². The largest absolute Gasteiger partial charge is 0.379 e. The maximum atomic E-state index is 11.4. The van der Waals surface area contributed by atoms with Crippen LogP contribution in [0.25, 0.3) is 5.82 Å². The van der Waals surface area contributed by atoms with Crippen LogP contribution in [0.5, 0.6) is 0 Å². The molecular formula is C12H15N5OS. The van der Waals surface area contributed by atoms with E-state index in [0.717, 1.165) is 35.9 Å². The maximum absolute atomic E-state index is 11.4. The first-order valence-electron chi connectivity index (χ1n) is 6.24. The lowest BCUT2D eigenvalue weighted by atomic mass is 10.1. The molecule has 1 saturated heterocycles. The van der Waals surface area contributed by atoms with Crippen LogP contribution in [0.2, 0.25) is 0 Å². The molecule has 0 unspecified atom stereocenters. The van der Waals surface area contributed by atoms with E-state index in [1.54, 1.807) is 17.2 Å². The molecule has 1 fully saturated rings. The number of aromatic nitrogens is 4. The fraction of sp³-hybridized carbons (Fsp3) is 0.417. The van der Waals surface area contributed by atoms with E-state index in [2.05, 4.69) is 20.4 Å². The van der Waals surface area contributed by atoms with E-state index in [1.165, 1.54) is 6.33 Å². The number of nitrogens with zero attached hydrogens (tertiary/aromatic N) is 4. The van der Waals surface area contributed by atoms with Crippen LogP contribution in [0.4, 0.5) is 5.69 Å². The topological polar surface area (TPSA) is 72.7 Å². The van der Waals surface area contributed by atoms with Crippen molar-refractivity contribution in [3.8, 4) is 5.82 Å². The summed E-state index contributed by atoms with van der Waals surface area (Å²) in [4.78, 5) is 8.28. The van der Waals surface area contributed by atoms with E-state index in [4.69, 9.17) is 0 Å². The summed E-state index contributed by atoms with van der Waals surface area (Å²) in [6, 6.07) is 4.23. The van der Waals surface area contributed by atoms with Gasteiger partial charge in [-0.05, 0) is 25.0 Å². The molecule has 100 valence electrons. The van der Waals surface area contributed by atoms with Gasteiger partial charge in [0.15, 0.2) is 5.82 Å². The molecule has 0 atom stereocenters. The van der Waals surface area contributed by atoms with Crippen molar-refractivity contribution in [2.24, 2.45) is 0 Å². The van der Waals surface area contributed by atoms with Gasteiger partial charge in [0.2, 0.25) is 0 Å². The standard InChI is InChI=1S/C12H15N5OS/c18-19-6-3-10(4-7-19)16-11-2-1-5-14-12(11)17-9-13-8-15-17/h1-2,5,8-10,16H,3-4,6-7H2. The second-order valence-electron chi connectivity index (χ2n) is 4.48. The molecular weight excluding hydrogens is 262 g/mol. The van der Waals surface area contributed by atoms with Crippen LogP contribution in [0.3, 0.4) is 0 Å². The Morgan fingerprint density at radius 3 is 2.95 bits per heavy atom. The van der Waals surface area contributed by atoms with Crippen LogP contribution < -0.4 is 5.32 Å². The molecule has 0 spiro atoms. The Balaban J connectivity index is 1.79. The zero-order valence-corrected chi connectivity index (χ0v) is 11.2. The Bertz CT molecular complexity index is 561. The summed E-state index contributed by atoms with van der Waals surface area (Å²) in [5.41, 5.74) is 0.936. The summed E-state index contributed by atoms with van der Waals surface area (Å²) < 4.78 is 13.0. The Hall–Kier alpha value is -1.76. The molecule has 7 heteroatoms. The molecule has 0 bridgehead atoms. The number of hydrogen-bond acceptors (Lipinski definition) is 5. The first kappa shape index (κ1) is 12.3. The summed E-state index contributed by atoms with van der Waals surface area (Å²) in [5.74, 6) is 2.29. The van der Waals surface area contributed by atoms with Crippen molar-refractivity contribution in [2.45, 2.75) is 18.9 Å². The second kappa shape index (κ2) is 5.48. The summed E-state index contributed by atoms with van der Waals surface area (Å²) >= 11 is 0. The van der Waals surface area contributed by atoms with Crippen molar-refractivity contribution in [3.05, 3.63) is 31.0 Å². The van der Waals surface area contributed by atoms with E-state index < -0.39 is 10.8 Å². The molecule has 0 aliphatic carbocycles. The molecule has 1 N–H and O–H groups in total. The second-order valence-corrected chi connectivity index (χ2v) is 6.18. The predicted octanol–water partition coefficient (Wildman–Crippen LogP) is 0.985. The predicted molar refractivity (Wildman–Crippen MR) is 73.7 cm³/mol. The SMILES string of the molecule is O=S1CCC(Nc2cccnc2-n2cncn2)CC1. The van der Waals surface area contributed by atoms with Crippen LogP contribution in [0.15, 0.2) is 31.0 Å². The Kier molecular flexibility index (Phi) is 3.54. The summed E-state index contributed by atoms with van der Waals surface area (Å²) in [5, 5.41) is 7.58. The summed E-state index contributed by atoms with van der Waals surface area (Å²) in [6.45, 7) is 0. The van der Waals surface area contributed by atoms with Gasteiger partial charge in [0.05, 0.1) is 5.69 Å². The van der Waals surface area contributed by atoms with Crippen LogP contribution in [-0.2, 0) is 10.8 Å². The van der Waals surface area contributed by atoms with E-state index >= 15 is 0 Å². The lowest BCUT2D eigenvalue weighted by molar-refractivity contribution is 0.623. The van der Waals surface area contributed by atoms with Gasteiger partial charge in [-0.25, -0.2) is 14.6 Å². The molecule has 2 aromatic heterocycles. The fourth-order valence-electron chi connectivity index (χ4n) is 2.17. The van der Waals surface area contributed by atoms with Gasteiger partial charge in [-0.1, -0.05) is 0 Å². The molecule has 0 radical (unpaired) electrons. The minimum absolute atomic E-state index is 0.351. The molecule has 2 aromatic rings. The van der Waals surface area contributed by atoms with Gasteiger partial charge in [0.25, 0.3) is 0 Å². The highest BCUT2D eigenvalue weighted by Gasteiger charge is 2.19. The summed E-state index contributed by atoms with van der Waals surface area (Å²) in [6.07, 6.45) is 6.71. The first-order chi connectivity index (χ1) is 9.33. The third-order valence-corrected chi connectivity index (χ3v) is 4.55. The highest BCUT2D eigenvalue weighted by atomic mass is 32.2. The Morgan fingerprint density at radius 2 is 2.21 bits per heavy atom. The minimum atomic E-state index is -0.637. The average molecular weight is 277 g/mol. The third-order valence-electron chi connectivity index (χ3n) is 3.17. The van der Waals surface area contributed by atoms with Gasteiger partial charge in [0, 0.05) is 34.5 Å². The monoisotopic (exact) mass is 277 g/mol. The highest BCUT2D eigenvalue weighted by Crippen LogP contribution is 2.20. The van der Waals surface area contributed by atoms with E-state index in [-0.39, 0.29) is 0 Å². The number of pyridine rings is 1. The first-order valence-corrected chi connectivity index (χ1v) is 7.73. The van der Waals surface area contributed by atoms with Crippen molar-refractivity contribution < 1.29 is 4.21 Å². The minimum Gasteiger partial charge on any atom is -0.379 e. The number of anilines is 1. The maximum Gasteiger partial charge on any atom is 0.178 e. The lowest BCUT2D eigenvalue weighted by Crippen LogP contribution is -2.29. The molecule has 6 nitrogen and oxygen atoms in total. The molecule has 1 aliphatic rings. The lowest BCUT2D eigenvalue weighted by Gasteiger charge is -2.24. The van der Waals surface area contributed by atoms with Gasteiger partial charge in [-0.2, -0.15) is 5.10 Å². The Labute approximate surface area is 113 Å². The van der Waals surface area contributed by atoms with Gasteiger partial charge >= 0.3 is 0 Å². The van der Waals surface area contributed by atoms with Gasteiger partial charge in [0.1, 0.15) is 12.7 Å². The zero-order chi connectivity index (χ0) is 13.1. The number of nitrogens with one attached hydrogen (secondary N) is 1.